The normalized spacial score (nSPS) is 14.9. The van der Waals surface area contributed by atoms with E-state index in [1.54, 1.807) is 25.8 Å². The van der Waals surface area contributed by atoms with Crippen LogP contribution in [0.3, 0.4) is 0 Å². The molecule has 4 rings (SSSR count). The number of imidazole rings is 1. The molecule has 0 bridgehead atoms. The average Bonchev–Trinajstić information content (AvgIpc) is 3.36. The summed E-state index contributed by atoms with van der Waals surface area (Å²) in [7, 11) is -4.53. The highest BCUT2D eigenvalue weighted by Crippen LogP contribution is 2.48. The second kappa shape index (κ2) is 12.3. The average molecular weight is 597 g/mol. The van der Waals surface area contributed by atoms with Crippen LogP contribution in [0.4, 0.5) is 5.69 Å². The zero-order chi connectivity index (χ0) is 28.2. The predicted molar refractivity (Wildman–Crippen MR) is 150 cm³/mol. The second-order valence-corrected chi connectivity index (χ2v) is 13.2. The molecule has 0 fully saturated rings. The highest BCUT2D eigenvalue weighted by molar-refractivity contribution is 8.03. The molecule has 2 heterocycles. The maximum Gasteiger partial charge on any atom is 0.284 e. The predicted octanol–water partition coefficient (Wildman–Crippen LogP) is 2.58. The molecule has 0 unspecified atom stereocenters. The molecule has 1 aromatic heterocycles. The van der Waals surface area contributed by atoms with Gasteiger partial charge in [0.2, 0.25) is 0 Å². The van der Waals surface area contributed by atoms with E-state index in [-0.39, 0.29) is 12.2 Å². The Bertz CT molecular complexity index is 1580. The van der Waals surface area contributed by atoms with E-state index >= 15 is 0 Å². The van der Waals surface area contributed by atoms with E-state index in [9.17, 15) is 21.4 Å². The fraction of sp³-hybridized carbons (Fsp3) is 0.400. The largest absolute Gasteiger partial charge is 0.748 e. The number of hydrogen-bond acceptors (Lipinski definition) is 10. The lowest BCUT2D eigenvalue weighted by molar-refractivity contribution is -0.647. The summed E-state index contributed by atoms with van der Waals surface area (Å²) in [5.41, 5.74) is 5.16. The number of hydrogen-bond donors (Lipinski definition) is 1. The molecule has 39 heavy (non-hydrogen) atoms. The summed E-state index contributed by atoms with van der Waals surface area (Å²) in [5, 5.41) is 0.874. The summed E-state index contributed by atoms with van der Waals surface area (Å²) < 4.78 is 72.4. The van der Waals surface area contributed by atoms with Crippen LogP contribution >= 0.6 is 11.8 Å². The molecule has 0 aliphatic carbocycles. The lowest BCUT2D eigenvalue weighted by Crippen LogP contribution is -2.32. The number of nitrogens with zero attached hydrogens (tertiary/aromatic N) is 3. The number of nitrogens with one attached hydrogen (secondary N) is 1. The summed E-state index contributed by atoms with van der Waals surface area (Å²) in [5.74, 6) is 0.886. The Kier molecular flexibility index (Phi) is 9.24. The van der Waals surface area contributed by atoms with Gasteiger partial charge in [-0.15, -0.1) is 0 Å². The number of para-hydroxylation sites is 2. The fourth-order valence-electron chi connectivity index (χ4n) is 4.46. The molecule has 3 aromatic rings. The third-order valence-corrected chi connectivity index (χ3v) is 9.29. The molecule has 1 aliphatic rings. The molecule has 0 spiro atoms. The van der Waals surface area contributed by atoms with Gasteiger partial charge in [-0.3, -0.25) is 0 Å². The topological polar surface area (TPSA) is 134 Å². The highest BCUT2D eigenvalue weighted by atomic mass is 32.2. The van der Waals surface area contributed by atoms with Gasteiger partial charge in [-0.2, -0.15) is 18.2 Å². The van der Waals surface area contributed by atoms with Gasteiger partial charge in [0.15, 0.2) is 11.0 Å². The molecule has 2 aromatic carbocycles. The van der Waals surface area contributed by atoms with E-state index in [1.165, 1.54) is 0 Å². The van der Waals surface area contributed by atoms with Gasteiger partial charge in [-0.05, 0) is 37.1 Å². The summed E-state index contributed by atoms with van der Waals surface area (Å²) in [6.07, 6.45) is 2.50. The van der Waals surface area contributed by atoms with Crippen molar-refractivity contribution in [3.63, 3.8) is 0 Å². The maximum absolute atomic E-state index is 12.2. The van der Waals surface area contributed by atoms with Gasteiger partial charge in [0.25, 0.3) is 15.9 Å². The monoisotopic (exact) mass is 596 g/mol. The molecular formula is C25H32N4O7S3. The van der Waals surface area contributed by atoms with Gasteiger partial charge in [0.1, 0.15) is 5.75 Å². The Morgan fingerprint density at radius 2 is 1.82 bits per heavy atom. The third kappa shape index (κ3) is 7.13. The maximum atomic E-state index is 12.2. The van der Waals surface area contributed by atoms with E-state index in [4.69, 9.17) is 9.02 Å². The van der Waals surface area contributed by atoms with Gasteiger partial charge < -0.3 is 14.2 Å². The first-order valence-corrected chi connectivity index (χ1v) is 16.4. The molecule has 0 saturated heterocycles. The Hall–Kier alpha value is -2.62. The van der Waals surface area contributed by atoms with E-state index in [0.29, 0.717) is 31.8 Å². The van der Waals surface area contributed by atoms with Crippen molar-refractivity contribution in [3.8, 4) is 5.75 Å². The van der Waals surface area contributed by atoms with Crippen LogP contribution < -0.4 is 19.7 Å². The summed E-state index contributed by atoms with van der Waals surface area (Å²) in [6.45, 7) is 2.87. The minimum atomic E-state index is -4.33. The Balaban J connectivity index is 1.71. The summed E-state index contributed by atoms with van der Waals surface area (Å²) >= 11 is 1.55. The number of methoxy groups -OCH3 is 1. The number of hydroxylamine groups is 1. The first-order valence-electron chi connectivity index (χ1n) is 12.4. The molecule has 11 nitrogen and oxygen atoms in total. The number of aryl methyl sites for hydroxylation is 2. The van der Waals surface area contributed by atoms with Crippen LogP contribution in [0.2, 0.25) is 0 Å². The van der Waals surface area contributed by atoms with Crippen molar-refractivity contribution in [1.29, 1.82) is 0 Å². The quantitative estimate of drug-likeness (QED) is 0.178. The first-order chi connectivity index (χ1) is 18.5. The van der Waals surface area contributed by atoms with Gasteiger partial charge in [-0.1, -0.05) is 30.8 Å². The molecule has 212 valence electrons. The Labute approximate surface area is 233 Å². The molecule has 0 saturated carbocycles. The van der Waals surface area contributed by atoms with Gasteiger partial charge in [0.05, 0.1) is 53.4 Å². The molecule has 1 aliphatic heterocycles. The van der Waals surface area contributed by atoms with Gasteiger partial charge >= 0.3 is 0 Å². The van der Waals surface area contributed by atoms with Crippen LogP contribution in [-0.2, 0) is 38.1 Å². The molecular weight excluding hydrogens is 564 g/mol. The molecule has 0 amide bonds. The molecule has 1 N–H and O–H groups in total. The lowest BCUT2D eigenvalue weighted by Gasteiger charge is -2.20. The number of aromatic nitrogens is 2. The van der Waals surface area contributed by atoms with E-state index in [2.05, 4.69) is 10.4 Å². The number of ether oxygens (including phenoxy) is 1. The van der Waals surface area contributed by atoms with E-state index in [1.807, 2.05) is 64.7 Å². The van der Waals surface area contributed by atoms with Crippen LogP contribution in [0.1, 0.15) is 25.6 Å². The third-order valence-electron chi connectivity index (χ3n) is 6.23. The van der Waals surface area contributed by atoms with Crippen LogP contribution in [-0.4, -0.2) is 57.7 Å². The fourth-order valence-corrected chi connectivity index (χ4v) is 6.90. The van der Waals surface area contributed by atoms with E-state index < -0.39 is 26.0 Å². The van der Waals surface area contributed by atoms with Crippen molar-refractivity contribution >= 4 is 54.8 Å². The van der Waals surface area contributed by atoms with Crippen molar-refractivity contribution < 1.29 is 35.0 Å². The molecule has 0 atom stereocenters. The van der Waals surface area contributed by atoms with Gasteiger partial charge in [-0.25, -0.2) is 17.6 Å². The van der Waals surface area contributed by atoms with Crippen molar-refractivity contribution in [2.75, 3.05) is 36.6 Å². The molecule has 14 heteroatoms. The first kappa shape index (κ1) is 29.4. The second-order valence-electron chi connectivity index (χ2n) is 8.94. The van der Waals surface area contributed by atoms with Crippen molar-refractivity contribution in [2.24, 2.45) is 7.05 Å². The Morgan fingerprint density at radius 1 is 1.08 bits per heavy atom. The summed E-state index contributed by atoms with van der Waals surface area (Å²) in [6, 6.07) is 13.5. The van der Waals surface area contributed by atoms with Crippen molar-refractivity contribution in [3.05, 3.63) is 53.3 Å². The number of fused-ring (bicyclic) bond motifs is 2. The van der Waals surface area contributed by atoms with Crippen LogP contribution in [0.5, 0.6) is 5.75 Å². The van der Waals surface area contributed by atoms with Crippen LogP contribution in [0.25, 0.3) is 17.1 Å². The van der Waals surface area contributed by atoms with Crippen LogP contribution in [0.15, 0.2) is 52.4 Å². The number of thioether (sulfide) groups is 1. The smallest absolute Gasteiger partial charge is 0.284 e. The van der Waals surface area contributed by atoms with Crippen molar-refractivity contribution in [2.45, 2.75) is 31.2 Å². The highest BCUT2D eigenvalue weighted by Gasteiger charge is 2.29. The summed E-state index contributed by atoms with van der Waals surface area (Å²) in [4.78, 5) is 3.05. The zero-order valence-corrected chi connectivity index (χ0v) is 24.4. The lowest BCUT2D eigenvalue weighted by atomic mass is 10.2. The zero-order valence-electron chi connectivity index (χ0n) is 22.0. The number of rotatable bonds is 13. The van der Waals surface area contributed by atoms with Crippen LogP contribution in [0, 0.1) is 0 Å². The number of anilines is 1. The number of benzene rings is 2. The standard InChI is InChI=1S/C25H32N4O7S3/c1-4-26-36-39(33,34)16-8-14-29-22-17-19(35-3)11-12-23(22)37-25(29)18-24-27(2)20-9-5-6-10-21(20)28(24)13-7-15-38(30,31)32/h5-6,9-12,17-18,26H,4,7-8,13-16H2,1-3H3. The van der Waals surface area contributed by atoms with Crippen molar-refractivity contribution in [1.82, 2.24) is 10.0 Å². The van der Waals surface area contributed by atoms with E-state index in [0.717, 1.165) is 32.5 Å². The minimum absolute atomic E-state index is 0.161. The Morgan fingerprint density at radius 3 is 2.54 bits per heavy atom. The minimum Gasteiger partial charge on any atom is -0.748 e. The van der Waals surface area contributed by atoms with Gasteiger partial charge in [0, 0.05) is 29.8 Å². The molecule has 0 radical (unpaired) electrons. The SMILES string of the molecule is CCNOS(=O)(=O)CCCN1C(=Cc2n(CCCS(=O)(=O)[O-])c3ccccc3[n+]2C)Sc2ccc(OC)cc21.